The molecule has 2 aliphatic heterocycles. The number of rotatable bonds is 25. The average molecular weight is 1050 g/mol. The summed E-state index contributed by atoms with van der Waals surface area (Å²) in [6.07, 6.45) is -9.31. The topological polar surface area (TPSA) is 481 Å². The zero-order valence-corrected chi connectivity index (χ0v) is 39.9. The molecule has 34 nitrogen and oxygen atoms in total. The first-order valence-electron chi connectivity index (χ1n) is 19.2. The number of ether oxygens (including phenoxy) is 2. The van der Waals surface area contributed by atoms with E-state index < -0.39 is 110 Å². The highest BCUT2D eigenvalue weighted by Gasteiger charge is 2.50. The number of aromatic amines is 2. The Kier molecular flexibility index (Phi) is 18.1. The molecule has 0 saturated carbocycles. The van der Waals surface area contributed by atoms with Crippen molar-refractivity contribution in [2.45, 2.75) is 49.1 Å². The van der Waals surface area contributed by atoms with E-state index in [1.807, 2.05) is 0 Å². The van der Waals surface area contributed by atoms with Gasteiger partial charge in [0.05, 0.1) is 32.3 Å². The fraction of sp³-hybridized carbons (Fsp3) is 0.567. The summed E-state index contributed by atoms with van der Waals surface area (Å²) in [6.45, 7) is 1.55. The van der Waals surface area contributed by atoms with Crippen LogP contribution in [0.5, 0.6) is 0 Å². The lowest BCUT2D eigenvalue weighted by atomic mass is 10.1. The van der Waals surface area contributed by atoms with Crippen LogP contribution in [0.15, 0.2) is 38.8 Å². The van der Waals surface area contributed by atoms with Crippen molar-refractivity contribution >= 4 is 77.2 Å². The molecule has 38 heteroatoms. The number of hydrogen-bond donors (Lipinski definition) is 11. The van der Waals surface area contributed by atoms with Gasteiger partial charge in [-0.1, -0.05) is 6.58 Å². The Balaban J connectivity index is 1.16. The molecule has 0 radical (unpaired) electrons. The van der Waals surface area contributed by atoms with Gasteiger partial charge in [-0.3, -0.25) is 51.8 Å². The Morgan fingerprint density at radius 3 is 2.15 bits per heavy atom. The first kappa shape index (κ1) is 54.6. The predicted octanol–water partition coefficient (Wildman–Crippen LogP) is -1.77. The maximum absolute atomic E-state index is 13.8. The number of hydrazone groups is 1. The van der Waals surface area contributed by atoms with Crippen LogP contribution in [0.3, 0.4) is 0 Å². The summed E-state index contributed by atoms with van der Waals surface area (Å²) in [4.78, 5) is 46.3. The van der Waals surface area contributed by atoms with Gasteiger partial charge < -0.3 is 66.5 Å². The summed E-state index contributed by atoms with van der Waals surface area (Å²) >= 11 is 0. The maximum Gasteiger partial charge on any atom is 0.491 e. The fourth-order valence-corrected chi connectivity index (χ4v) is 12.2. The normalized spacial score (nSPS) is 26.9. The summed E-state index contributed by atoms with van der Waals surface area (Å²) in [5.74, 6) is 4.78. The van der Waals surface area contributed by atoms with Crippen molar-refractivity contribution in [3.8, 4) is 0 Å². The van der Waals surface area contributed by atoms with Gasteiger partial charge in [0, 0.05) is 48.2 Å². The standard InChI is InChI=1S/C30H50N14O20P4/c1-7-43(23-17(34-2)25(49)40-29(31)38-23)27-21(47)19(45)14(61-27)11-59-66(52,56-4)37-9-8-35-10-16(42-33)65(51,55-3)63-68(54,58-6)64-67(53,57-5)60-12-15-20(46)22(48)28(62-15)44-13-36-18-24(44)39-30(32)41-26(18)50/h7,10,13-15,19-22,27-28,34,45-48H,1,8-9,11-12,33H2,2-6H3,(H,37,52)(H3,31,38,40,49)(H3,32,39,41,50)/t14-,15-,19?,20?,21?,22?,27-,28-,65?,66?,67?,68?/m1/s1. The van der Waals surface area contributed by atoms with Crippen molar-refractivity contribution in [1.29, 1.82) is 0 Å². The van der Waals surface area contributed by atoms with Crippen molar-refractivity contribution in [1.82, 2.24) is 34.6 Å². The largest absolute Gasteiger partial charge is 0.491 e. The molecule has 2 saturated heterocycles. The van der Waals surface area contributed by atoms with Crippen LogP contribution >= 0.6 is 31.0 Å². The molecule has 8 unspecified atom stereocenters. The number of aliphatic imine (C=N–C) groups is 1. The van der Waals surface area contributed by atoms with Gasteiger partial charge in [0.25, 0.3) is 11.1 Å². The molecular weight excluding hydrogens is 1000 g/mol. The van der Waals surface area contributed by atoms with Gasteiger partial charge in [0.2, 0.25) is 11.9 Å². The highest BCUT2D eigenvalue weighted by atomic mass is 31.3. The highest BCUT2D eigenvalue weighted by molar-refractivity contribution is 7.80. The maximum atomic E-state index is 13.8. The van der Waals surface area contributed by atoms with Crippen LogP contribution in [0.1, 0.15) is 6.23 Å². The lowest BCUT2D eigenvalue weighted by molar-refractivity contribution is -0.0508. The highest BCUT2D eigenvalue weighted by Crippen LogP contribution is 2.72. The Morgan fingerprint density at radius 1 is 0.897 bits per heavy atom. The lowest BCUT2D eigenvalue weighted by Crippen LogP contribution is -2.42. The number of imidazole rings is 1. The van der Waals surface area contributed by atoms with Gasteiger partial charge >= 0.3 is 31.0 Å². The van der Waals surface area contributed by atoms with E-state index in [4.69, 9.17) is 62.5 Å². The molecule has 0 aromatic carbocycles. The van der Waals surface area contributed by atoms with E-state index in [9.17, 15) is 48.3 Å². The van der Waals surface area contributed by atoms with E-state index >= 15 is 0 Å². The van der Waals surface area contributed by atoms with E-state index in [1.165, 1.54) is 13.2 Å². The van der Waals surface area contributed by atoms with Crippen LogP contribution < -0.4 is 43.7 Å². The summed E-state index contributed by atoms with van der Waals surface area (Å²) in [6, 6.07) is 0. The van der Waals surface area contributed by atoms with E-state index in [-0.39, 0.29) is 47.7 Å². The summed E-state index contributed by atoms with van der Waals surface area (Å²) in [5.41, 5.74) is 8.85. The molecule has 2 fully saturated rings. The number of phosphoric acid groups is 2. The second-order valence-corrected chi connectivity index (χ2v) is 21.5. The van der Waals surface area contributed by atoms with E-state index in [0.29, 0.717) is 0 Å². The quantitative estimate of drug-likeness (QED) is 0.0147. The lowest BCUT2D eigenvalue weighted by Gasteiger charge is -2.29. The minimum atomic E-state index is -5.33. The Bertz CT molecular complexity index is 2650. The molecule has 0 aliphatic carbocycles. The average Bonchev–Trinajstić information content (AvgIpc) is 3.94. The summed E-state index contributed by atoms with van der Waals surface area (Å²) in [7, 11) is -14.8. The summed E-state index contributed by atoms with van der Waals surface area (Å²) in [5, 5.41) is 51.5. The smallest absolute Gasteiger partial charge is 0.387 e. The number of aliphatic hydroxyl groups is 4. The van der Waals surface area contributed by atoms with Gasteiger partial charge in [0.1, 0.15) is 42.3 Å². The molecule has 3 aromatic rings. The molecule has 5 heterocycles. The zero-order valence-electron chi connectivity index (χ0n) is 36.4. The number of aliphatic hydroxyl groups excluding tert-OH is 4. The Morgan fingerprint density at radius 2 is 1.53 bits per heavy atom. The summed E-state index contributed by atoms with van der Waals surface area (Å²) < 4.78 is 107. The molecular formula is C30H50N14O20P4. The number of nitrogen functional groups attached to an aromatic ring is 2. The van der Waals surface area contributed by atoms with Gasteiger partial charge in [-0.15, -0.1) is 0 Å². The van der Waals surface area contributed by atoms with Gasteiger partial charge in [-0.2, -0.15) is 19.4 Å². The minimum absolute atomic E-state index is 0.0623. The molecule has 5 rings (SSSR count). The number of nitrogens with two attached hydrogens (primary N) is 3. The second-order valence-electron chi connectivity index (χ2n) is 13.7. The third kappa shape index (κ3) is 12.0. The first-order valence-corrected chi connectivity index (χ1v) is 25.2. The molecule has 0 bridgehead atoms. The van der Waals surface area contributed by atoms with E-state index in [2.05, 4.69) is 52.0 Å². The molecule has 0 spiro atoms. The van der Waals surface area contributed by atoms with Crippen molar-refractivity contribution in [2.75, 3.05) is 83.5 Å². The first-order chi connectivity index (χ1) is 32.1. The number of H-pyrrole nitrogens is 2. The number of phosphoric ester groups is 1. The molecule has 3 aromatic heterocycles. The molecule has 12 atom stereocenters. The van der Waals surface area contributed by atoms with E-state index in [1.54, 1.807) is 0 Å². The Hall–Kier alpha value is -4.37. The number of fused-ring (bicyclic) bond motifs is 1. The van der Waals surface area contributed by atoms with E-state index in [0.717, 1.165) is 50.4 Å². The minimum Gasteiger partial charge on any atom is -0.387 e. The monoisotopic (exact) mass is 1050 g/mol. The number of nitrogens with one attached hydrogen (secondary N) is 4. The van der Waals surface area contributed by atoms with Crippen LogP contribution in [0, 0.1) is 0 Å². The number of hydrogen-bond acceptors (Lipinski definition) is 30. The van der Waals surface area contributed by atoms with Crippen molar-refractivity contribution < 1.29 is 83.9 Å². The molecule has 68 heavy (non-hydrogen) atoms. The number of aromatic nitrogens is 6. The third-order valence-electron chi connectivity index (χ3n) is 9.59. The van der Waals surface area contributed by atoms with Crippen LogP contribution in [0.25, 0.3) is 11.2 Å². The van der Waals surface area contributed by atoms with Crippen LogP contribution in [0.4, 0.5) is 23.4 Å². The zero-order chi connectivity index (χ0) is 50.4. The second kappa shape index (κ2) is 22.6. The van der Waals surface area contributed by atoms with Crippen LogP contribution in [-0.2, 0) is 63.5 Å². The predicted molar refractivity (Wildman–Crippen MR) is 236 cm³/mol. The third-order valence-corrected chi connectivity index (χ3v) is 17.1. The number of nitrogens with zero attached hydrogens (tertiary/aromatic N) is 7. The fourth-order valence-electron chi connectivity index (χ4n) is 6.21. The molecule has 380 valence electrons. The van der Waals surface area contributed by atoms with Crippen LogP contribution in [0.2, 0.25) is 0 Å². The molecule has 0 amide bonds. The van der Waals surface area contributed by atoms with Gasteiger partial charge in [-0.05, 0) is 0 Å². The Labute approximate surface area is 383 Å². The van der Waals surface area contributed by atoms with Crippen molar-refractivity contribution in [3.63, 3.8) is 0 Å². The van der Waals surface area contributed by atoms with Crippen molar-refractivity contribution in [3.05, 3.63) is 39.8 Å². The van der Waals surface area contributed by atoms with Crippen molar-refractivity contribution in [2.24, 2.45) is 15.9 Å². The molecule has 2 aliphatic rings. The van der Waals surface area contributed by atoms with Crippen LogP contribution in [-0.4, -0.2) is 166 Å². The SMILES string of the molecule is C=CN(c1nc(N)[nH]c(=O)c1NC)[C@@H]1O[C@H](COP(=O)(NCCN=CC(=NN)P(=O)(OC)OP(=O)(OC)OP(=O)(OC)OC[C@H]2O[C@@H](n3cnc4c(=O)[nH]c(N)nc43)C(O)C2O)OC)C(O)C1O. The van der Waals surface area contributed by atoms with Gasteiger partial charge in [0.15, 0.2) is 34.9 Å². The van der Waals surface area contributed by atoms with Gasteiger partial charge in [-0.25, -0.2) is 28.1 Å². The number of anilines is 4. The molecule has 14 N–H and O–H groups in total.